The number of carbonyl (C=O) groups is 1. The second kappa shape index (κ2) is 7.89. The number of rotatable bonds is 5. The maximum atomic E-state index is 12.8. The SMILES string of the molecule is CC(C)Nc1cc(-c2ccc3cc(C#N)cnn23)ncc1C(=O)N[C@H]1CCOC1. The molecule has 4 rings (SSSR count). The molecule has 0 bridgehead atoms. The van der Waals surface area contributed by atoms with E-state index < -0.39 is 0 Å². The Morgan fingerprint density at radius 3 is 2.93 bits per heavy atom. The topological polar surface area (TPSA) is 104 Å². The molecule has 0 aliphatic carbocycles. The summed E-state index contributed by atoms with van der Waals surface area (Å²) < 4.78 is 7.07. The van der Waals surface area contributed by atoms with Gasteiger partial charge in [-0.05, 0) is 44.5 Å². The van der Waals surface area contributed by atoms with Gasteiger partial charge in [0.05, 0.1) is 52.6 Å². The van der Waals surface area contributed by atoms with Crippen LogP contribution >= 0.6 is 0 Å². The van der Waals surface area contributed by atoms with Crippen molar-refractivity contribution in [1.29, 1.82) is 5.26 Å². The van der Waals surface area contributed by atoms with Crippen molar-refractivity contribution in [3.05, 3.63) is 47.8 Å². The van der Waals surface area contributed by atoms with Crippen molar-refractivity contribution >= 4 is 17.1 Å². The highest BCUT2D eigenvalue weighted by atomic mass is 16.5. The lowest BCUT2D eigenvalue weighted by Gasteiger charge is -2.17. The predicted octanol–water partition coefficient (Wildman–Crippen LogP) is 2.61. The van der Waals surface area contributed by atoms with Crippen molar-refractivity contribution in [3.63, 3.8) is 0 Å². The lowest BCUT2D eigenvalue weighted by atomic mass is 10.1. The van der Waals surface area contributed by atoms with Crippen LogP contribution in [-0.2, 0) is 4.74 Å². The van der Waals surface area contributed by atoms with Gasteiger partial charge in [0.2, 0.25) is 0 Å². The van der Waals surface area contributed by atoms with Crippen molar-refractivity contribution in [2.45, 2.75) is 32.4 Å². The molecule has 1 amide bonds. The van der Waals surface area contributed by atoms with Gasteiger partial charge in [-0.25, -0.2) is 4.52 Å². The Hall–Kier alpha value is -3.44. The molecule has 0 saturated carbocycles. The summed E-state index contributed by atoms with van der Waals surface area (Å²) in [5.74, 6) is -0.167. The van der Waals surface area contributed by atoms with Crippen LogP contribution in [0.1, 0.15) is 36.2 Å². The molecule has 1 aliphatic rings. The average molecular weight is 390 g/mol. The summed E-state index contributed by atoms with van der Waals surface area (Å²) in [4.78, 5) is 17.3. The third kappa shape index (κ3) is 3.91. The average Bonchev–Trinajstić information content (AvgIpc) is 3.36. The molecule has 3 aromatic heterocycles. The summed E-state index contributed by atoms with van der Waals surface area (Å²) in [6, 6.07) is 9.70. The van der Waals surface area contributed by atoms with E-state index in [1.807, 2.05) is 32.0 Å². The first kappa shape index (κ1) is 18.9. The van der Waals surface area contributed by atoms with Crippen LogP contribution in [0.3, 0.4) is 0 Å². The van der Waals surface area contributed by atoms with Crippen LogP contribution in [0, 0.1) is 11.3 Å². The van der Waals surface area contributed by atoms with Crippen LogP contribution in [0.5, 0.6) is 0 Å². The summed E-state index contributed by atoms with van der Waals surface area (Å²) in [6.45, 7) is 5.24. The second-order valence-corrected chi connectivity index (χ2v) is 7.36. The highest BCUT2D eigenvalue weighted by Gasteiger charge is 2.21. The maximum absolute atomic E-state index is 12.8. The first-order chi connectivity index (χ1) is 14.0. The molecule has 8 heteroatoms. The molecule has 1 atom stereocenters. The summed E-state index contributed by atoms with van der Waals surface area (Å²) in [6.07, 6.45) is 3.93. The molecule has 4 heterocycles. The van der Waals surface area contributed by atoms with E-state index in [4.69, 9.17) is 10.00 Å². The largest absolute Gasteiger partial charge is 0.382 e. The first-order valence-electron chi connectivity index (χ1n) is 9.58. The number of carbonyl (C=O) groups excluding carboxylic acids is 1. The highest BCUT2D eigenvalue weighted by molar-refractivity contribution is 6.00. The fraction of sp³-hybridized carbons (Fsp3) is 0.333. The van der Waals surface area contributed by atoms with Gasteiger partial charge < -0.3 is 15.4 Å². The fourth-order valence-electron chi connectivity index (χ4n) is 3.37. The third-order valence-corrected chi connectivity index (χ3v) is 4.75. The van der Waals surface area contributed by atoms with Crippen LogP contribution < -0.4 is 10.6 Å². The third-order valence-electron chi connectivity index (χ3n) is 4.75. The van der Waals surface area contributed by atoms with Gasteiger partial charge in [-0.15, -0.1) is 0 Å². The number of hydrogen-bond acceptors (Lipinski definition) is 6. The molecule has 148 valence electrons. The number of nitrogens with zero attached hydrogens (tertiary/aromatic N) is 4. The van der Waals surface area contributed by atoms with E-state index in [9.17, 15) is 4.79 Å². The number of nitriles is 1. The number of pyridine rings is 1. The Morgan fingerprint density at radius 2 is 2.21 bits per heavy atom. The molecule has 1 aliphatic heterocycles. The van der Waals surface area contributed by atoms with E-state index in [1.165, 1.54) is 6.20 Å². The fourth-order valence-corrected chi connectivity index (χ4v) is 3.37. The number of anilines is 1. The Balaban J connectivity index is 1.70. The zero-order valence-electron chi connectivity index (χ0n) is 16.3. The molecule has 0 spiro atoms. The molecule has 1 saturated heterocycles. The summed E-state index contributed by atoms with van der Waals surface area (Å²) in [7, 11) is 0. The molecule has 0 aromatic carbocycles. The summed E-state index contributed by atoms with van der Waals surface area (Å²) >= 11 is 0. The monoisotopic (exact) mass is 390 g/mol. The number of amides is 1. The zero-order valence-corrected chi connectivity index (χ0v) is 16.3. The van der Waals surface area contributed by atoms with Crippen molar-refractivity contribution < 1.29 is 9.53 Å². The molecular weight excluding hydrogens is 368 g/mol. The van der Waals surface area contributed by atoms with Gasteiger partial charge in [0, 0.05) is 18.8 Å². The van der Waals surface area contributed by atoms with Gasteiger partial charge in [-0.1, -0.05) is 0 Å². The predicted molar refractivity (Wildman–Crippen MR) is 109 cm³/mol. The number of aromatic nitrogens is 3. The van der Waals surface area contributed by atoms with Crippen LogP contribution in [0.15, 0.2) is 36.7 Å². The highest BCUT2D eigenvalue weighted by Crippen LogP contribution is 2.26. The van der Waals surface area contributed by atoms with E-state index in [-0.39, 0.29) is 18.0 Å². The standard InChI is InChI=1S/C21H22N6O2/c1-13(2)25-18-8-19(20-4-3-16-7-14(9-22)10-24-27(16)20)23-11-17(18)21(28)26-15-5-6-29-12-15/h3-4,7-8,10-11,13,15H,5-6,12H2,1-2H3,(H,23,25)(H,26,28)/t15-/m0/s1. The lowest BCUT2D eigenvalue weighted by molar-refractivity contribution is 0.0930. The second-order valence-electron chi connectivity index (χ2n) is 7.36. The van der Waals surface area contributed by atoms with E-state index in [2.05, 4.69) is 26.8 Å². The summed E-state index contributed by atoms with van der Waals surface area (Å²) in [5, 5.41) is 19.8. The Morgan fingerprint density at radius 1 is 1.34 bits per heavy atom. The van der Waals surface area contributed by atoms with Gasteiger partial charge in [-0.2, -0.15) is 10.4 Å². The van der Waals surface area contributed by atoms with Crippen LogP contribution in [0.2, 0.25) is 0 Å². The lowest BCUT2D eigenvalue weighted by Crippen LogP contribution is -2.35. The Kier molecular flexibility index (Phi) is 5.14. The zero-order chi connectivity index (χ0) is 20.4. The first-order valence-corrected chi connectivity index (χ1v) is 9.58. The molecule has 0 unspecified atom stereocenters. The number of hydrogen-bond donors (Lipinski definition) is 2. The van der Waals surface area contributed by atoms with Gasteiger partial charge in [0.15, 0.2) is 0 Å². The quantitative estimate of drug-likeness (QED) is 0.694. The number of fused-ring (bicyclic) bond motifs is 1. The molecular formula is C21H22N6O2. The Bertz CT molecular complexity index is 1090. The molecule has 1 fully saturated rings. The van der Waals surface area contributed by atoms with Crippen LogP contribution in [-0.4, -0.2) is 45.8 Å². The molecule has 2 N–H and O–H groups in total. The van der Waals surface area contributed by atoms with Gasteiger partial charge in [-0.3, -0.25) is 9.78 Å². The molecule has 3 aromatic rings. The minimum absolute atomic E-state index is 0.0298. The molecule has 0 radical (unpaired) electrons. The van der Waals surface area contributed by atoms with E-state index >= 15 is 0 Å². The Labute approximate surface area is 168 Å². The van der Waals surface area contributed by atoms with Crippen molar-refractivity contribution in [2.75, 3.05) is 18.5 Å². The number of ether oxygens (including phenoxy) is 1. The van der Waals surface area contributed by atoms with Gasteiger partial charge in [0.25, 0.3) is 5.91 Å². The minimum atomic E-state index is -0.167. The maximum Gasteiger partial charge on any atom is 0.255 e. The van der Waals surface area contributed by atoms with E-state index in [0.29, 0.717) is 35.7 Å². The van der Waals surface area contributed by atoms with Crippen molar-refractivity contribution in [3.8, 4) is 17.5 Å². The van der Waals surface area contributed by atoms with Crippen molar-refractivity contribution in [2.24, 2.45) is 0 Å². The van der Waals surface area contributed by atoms with E-state index in [0.717, 1.165) is 17.6 Å². The molecule has 8 nitrogen and oxygen atoms in total. The van der Waals surface area contributed by atoms with Gasteiger partial charge >= 0.3 is 0 Å². The minimum Gasteiger partial charge on any atom is -0.382 e. The van der Waals surface area contributed by atoms with E-state index in [1.54, 1.807) is 16.8 Å². The normalized spacial score (nSPS) is 16.1. The van der Waals surface area contributed by atoms with Crippen molar-refractivity contribution in [1.82, 2.24) is 19.9 Å². The van der Waals surface area contributed by atoms with Crippen LogP contribution in [0.4, 0.5) is 5.69 Å². The summed E-state index contributed by atoms with van der Waals surface area (Å²) in [5.41, 5.74) is 3.99. The van der Waals surface area contributed by atoms with Gasteiger partial charge in [0.1, 0.15) is 6.07 Å². The molecule has 29 heavy (non-hydrogen) atoms. The van der Waals surface area contributed by atoms with Crippen LogP contribution in [0.25, 0.3) is 16.9 Å². The number of nitrogens with one attached hydrogen (secondary N) is 2. The smallest absolute Gasteiger partial charge is 0.255 e.